The molecule has 0 saturated carbocycles. The van der Waals surface area contributed by atoms with Crippen LogP contribution in [0, 0.1) is 6.92 Å². The van der Waals surface area contributed by atoms with Crippen LogP contribution in [0.2, 0.25) is 10.0 Å². The molecule has 23 heavy (non-hydrogen) atoms. The van der Waals surface area contributed by atoms with Gasteiger partial charge in [-0.15, -0.1) is 0 Å². The van der Waals surface area contributed by atoms with Gasteiger partial charge in [0.25, 0.3) is 0 Å². The average Bonchev–Trinajstić information content (AvgIpc) is 2.48. The van der Waals surface area contributed by atoms with Gasteiger partial charge in [-0.05, 0) is 44.5 Å². The molecule has 0 bridgehead atoms. The number of hydrogen-bond acceptors (Lipinski definition) is 4. The van der Waals surface area contributed by atoms with E-state index in [0.717, 1.165) is 0 Å². The van der Waals surface area contributed by atoms with Gasteiger partial charge in [0.05, 0.1) is 28.3 Å². The Hall–Kier alpha value is -1.33. The Morgan fingerprint density at radius 3 is 2.39 bits per heavy atom. The second-order valence-corrected chi connectivity index (χ2v) is 6.45. The molecule has 0 radical (unpaired) electrons. The Labute approximate surface area is 146 Å². The molecule has 4 nitrogen and oxygen atoms in total. The highest BCUT2D eigenvalue weighted by molar-refractivity contribution is 6.42. The quantitative estimate of drug-likeness (QED) is 0.843. The maximum atomic E-state index is 10.6. The second-order valence-electron chi connectivity index (χ2n) is 5.63. The van der Waals surface area contributed by atoms with Crippen molar-refractivity contribution in [3.8, 4) is 5.88 Å². The third-order valence-corrected chi connectivity index (χ3v) is 4.18. The Bertz CT molecular complexity index is 692. The minimum absolute atomic E-state index is 0.0381. The molecule has 1 heterocycles. The van der Waals surface area contributed by atoms with Crippen LogP contribution in [-0.4, -0.2) is 16.2 Å². The van der Waals surface area contributed by atoms with Crippen LogP contribution in [0.25, 0.3) is 0 Å². The van der Waals surface area contributed by atoms with Gasteiger partial charge in [0.2, 0.25) is 5.88 Å². The molecule has 1 aromatic carbocycles. The van der Waals surface area contributed by atoms with Crippen molar-refractivity contribution in [2.24, 2.45) is 5.73 Å². The lowest BCUT2D eigenvalue weighted by molar-refractivity contribution is 0.145. The van der Waals surface area contributed by atoms with Gasteiger partial charge in [-0.2, -0.15) is 0 Å². The van der Waals surface area contributed by atoms with E-state index in [0.29, 0.717) is 32.7 Å². The summed E-state index contributed by atoms with van der Waals surface area (Å²) < 4.78 is 5.55. The minimum Gasteiger partial charge on any atom is -0.475 e. The lowest BCUT2D eigenvalue weighted by Gasteiger charge is -2.21. The molecule has 124 valence electrons. The molecule has 0 aliphatic heterocycles. The molecule has 0 fully saturated rings. The number of hydrogen-bond donors (Lipinski definition) is 2. The van der Waals surface area contributed by atoms with E-state index in [2.05, 4.69) is 4.98 Å². The Kier molecular flexibility index (Phi) is 5.87. The van der Waals surface area contributed by atoms with Gasteiger partial charge in [0.1, 0.15) is 0 Å². The zero-order valence-electron chi connectivity index (χ0n) is 13.3. The SMILES string of the molecule is Cc1nc(OC(C)C)ccc1C(O)C(N)c1ccc(Cl)c(Cl)c1. The predicted octanol–water partition coefficient (Wildman–Crippen LogP) is 4.22. The summed E-state index contributed by atoms with van der Waals surface area (Å²) in [7, 11) is 0. The van der Waals surface area contributed by atoms with Crippen LogP contribution in [0.15, 0.2) is 30.3 Å². The molecule has 0 spiro atoms. The van der Waals surface area contributed by atoms with Crippen molar-refractivity contribution in [1.29, 1.82) is 0 Å². The summed E-state index contributed by atoms with van der Waals surface area (Å²) in [5.74, 6) is 0.525. The monoisotopic (exact) mass is 354 g/mol. The third-order valence-electron chi connectivity index (χ3n) is 3.44. The van der Waals surface area contributed by atoms with E-state index in [1.54, 1.807) is 30.3 Å². The number of aliphatic hydroxyl groups excluding tert-OH is 1. The van der Waals surface area contributed by atoms with Crippen LogP contribution in [-0.2, 0) is 0 Å². The number of halogens is 2. The van der Waals surface area contributed by atoms with Gasteiger partial charge in [0, 0.05) is 17.3 Å². The first-order valence-corrected chi connectivity index (χ1v) is 8.08. The summed E-state index contributed by atoms with van der Waals surface area (Å²) in [6.07, 6.45) is -0.871. The van der Waals surface area contributed by atoms with Crippen molar-refractivity contribution >= 4 is 23.2 Å². The lowest BCUT2D eigenvalue weighted by Crippen LogP contribution is -2.21. The number of pyridine rings is 1. The van der Waals surface area contributed by atoms with E-state index < -0.39 is 12.1 Å². The number of nitrogens with two attached hydrogens (primary N) is 1. The van der Waals surface area contributed by atoms with E-state index in [4.69, 9.17) is 33.7 Å². The van der Waals surface area contributed by atoms with Crippen LogP contribution in [0.3, 0.4) is 0 Å². The first-order chi connectivity index (χ1) is 10.8. The summed E-state index contributed by atoms with van der Waals surface area (Å²) in [5, 5.41) is 11.4. The maximum Gasteiger partial charge on any atom is 0.213 e. The molecule has 1 aromatic heterocycles. The zero-order chi connectivity index (χ0) is 17.1. The van der Waals surface area contributed by atoms with Gasteiger partial charge in [-0.25, -0.2) is 4.98 Å². The van der Waals surface area contributed by atoms with E-state index in [1.807, 2.05) is 20.8 Å². The van der Waals surface area contributed by atoms with Crippen LogP contribution >= 0.6 is 23.2 Å². The average molecular weight is 355 g/mol. The van der Waals surface area contributed by atoms with Crippen molar-refractivity contribution in [2.75, 3.05) is 0 Å². The number of benzene rings is 1. The van der Waals surface area contributed by atoms with Crippen LogP contribution < -0.4 is 10.5 Å². The first kappa shape index (κ1) is 18.0. The van der Waals surface area contributed by atoms with Crippen molar-refractivity contribution in [3.63, 3.8) is 0 Å². The van der Waals surface area contributed by atoms with E-state index in [-0.39, 0.29) is 6.10 Å². The number of rotatable bonds is 5. The predicted molar refractivity (Wildman–Crippen MR) is 93.1 cm³/mol. The third kappa shape index (κ3) is 4.36. The number of ether oxygens (including phenoxy) is 1. The molecule has 0 saturated heterocycles. The van der Waals surface area contributed by atoms with Crippen molar-refractivity contribution in [2.45, 2.75) is 39.0 Å². The molecule has 0 aliphatic rings. The first-order valence-electron chi connectivity index (χ1n) is 7.32. The Balaban J connectivity index is 2.25. The number of aromatic nitrogens is 1. The standard InChI is InChI=1S/C17H20Cl2N2O2/c1-9(2)23-15-7-5-12(10(3)21-15)17(22)16(20)11-4-6-13(18)14(19)8-11/h4-9,16-17,22H,20H2,1-3H3. The fourth-order valence-electron chi connectivity index (χ4n) is 2.26. The van der Waals surface area contributed by atoms with Crippen LogP contribution in [0.1, 0.15) is 42.8 Å². The van der Waals surface area contributed by atoms with Gasteiger partial charge in [-0.3, -0.25) is 0 Å². The summed E-state index contributed by atoms with van der Waals surface area (Å²) in [6.45, 7) is 5.67. The molecule has 2 aromatic rings. The molecule has 2 atom stereocenters. The van der Waals surface area contributed by atoms with Crippen molar-refractivity contribution in [1.82, 2.24) is 4.98 Å². The van der Waals surface area contributed by atoms with E-state index >= 15 is 0 Å². The normalized spacial score (nSPS) is 13.9. The van der Waals surface area contributed by atoms with E-state index in [1.165, 1.54) is 0 Å². The summed E-state index contributed by atoms with van der Waals surface area (Å²) >= 11 is 11.9. The molecular formula is C17H20Cl2N2O2. The topological polar surface area (TPSA) is 68.4 Å². The summed E-state index contributed by atoms with van der Waals surface area (Å²) in [4.78, 5) is 4.36. The highest BCUT2D eigenvalue weighted by atomic mass is 35.5. The van der Waals surface area contributed by atoms with E-state index in [9.17, 15) is 5.11 Å². The fourth-order valence-corrected chi connectivity index (χ4v) is 2.57. The van der Waals surface area contributed by atoms with Gasteiger partial charge in [-0.1, -0.05) is 29.3 Å². The zero-order valence-corrected chi connectivity index (χ0v) is 14.8. The highest BCUT2D eigenvalue weighted by Gasteiger charge is 2.22. The minimum atomic E-state index is -0.909. The molecule has 6 heteroatoms. The van der Waals surface area contributed by atoms with Crippen molar-refractivity contribution < 1.29 is 9.84 Å². The van der Waals surface area contributed by atoms with Crippen LogP contribution in [0.4, 0.5) is 0 Å². The smallest absolute Gasteiger partial charge is 0.213 e. The molecule has 3 N–H and O–H groups in total. The Morgan fingerprint density at radius 1 is 1.13 bits per heavy atom. The second kappa shape index (κ2) is 7.49. The summed E-state index contributed by atoms with van der Waals surface area (Å²) in [6, 6.07) is 7.95. The highest BCUT2D eigenvalue weighted by Crippen LogP contribution is 2.32. The molecular weight excluding hydrogens is 335 g/mol. The maximum absolute atomic E-state index is 10.6. The number of nitrogens with zero attached hydrogens (tertiary/aromatic N) is 1. The lowest BCUT2D eigenvalue weighted by atomic mass is 9.96. The molecule has 2 rings (SSSR count). The molecule has 0 aliphatic carbocycles. The number of aryl methyl sites for hydroxylation is 1. The van der Waals surface area contributed by atoms with Crippen LogP contribution in [0.5, 0.6) is 5.88 Å². The summed E-state index contributed by atoms with van der Waals surface area (Å²) in [5.41, 5.74) is 8.19. The van der Waals surface area contributed by atoms with Crippen molar-refractivity contribution in [3.05, 3.63) is 57.2 Å². The van der Waals surface area contributed by atoms with Gasteiger partial charge < -0.3 is 15.6 Å². The fraction of sp³-hybridized carbons (Fsp3) is 0.353. The molecule has 2 unspecified atom stereocenters. The number of aliphatic hydroxyl groups is 1. The van der Waals surface area contributed by atoms with Gasteiger partial charge in [0.15, 0.2) is 0 Å². The largest absolute Gasteiger partial charge is 0.475 e. The van der Waals surface area contributed by atoms with Gasteiger partial charge >= 0.3 is 0 Å². The Morgan fingerprint density at radius 2 is 1.83 bits per heavy atom. The molecule has 0 amide bonds.